The fourth-order valence-corrected chi connectivity index (χ4v) is 3.19. The zero-order chi connectivity index (χ0) is 11.8. The first-order valence-electron chi connectivity index (χ1n) is 5.94. The van der Waals surface area contributed by atoms with Crippen LogP contribution in [0.5, 0.6) is 0 Å². The van der Waals surface area contributed by atoms with Crippen LogP contribution in [-0.2, 0) is 0 Å². The Hall–Kier alpha value is -0.840. The van der Waals surface area contributed by atoms with Gasteiger partial charge in [0.05, 0.1) is 6.10 Å². The van der Waals surface area contributed by atoms with Crippen LogP contribution in [0.2, 0.25) is 0 Å². The molecule has 0 aliphatic carbocycles. The lowest BCUT2D eigenvalue weighted by Crippen LogP contribution is -2.28. The van der Waals surface area contributed by atoms with Crippen molar-refractivity contribution in [3.8, 4) is 0 Å². The maximum atomic E-state index is 10.4. The van der Waals surface area contributed by atoms with Gasteiger partial charge in [0.15, 0.2) is 0 Å². The summed E-state index contributed by atoms with van der Waals surface area (Å²) in [6, 6.07) is 6.21. The van der Waals surface area contributed by atoms with Crippen molar-refractivity contribution in [1.29, 1.82) is 0 Å². The number of fused-ring (bicyclic) bond motifs is 1. The van der Waals surface area contributed by atoms with Gasteiger partial charge in [0.2, 0.25) is 0 Å². The van der Waals surface area contributed by atoms with E-state index in [-0.39, 0.29) is 6.04 Å². The van der Waals surface area contributed by atoms with Gasteiger partial charge in [-0.2, -0.15) is 0 Å². The van der Waals surface area contributed by atoms with E-state index in [1.54, 1.807) is 0 Å². The van der Waals surface area contributed by atoms with Gasteiger partial charge in [-0.1, -0.05) is 22.0 Å². The molecule has 2 unspecified atom stereocenters. The SMILES string of the molecule is OC(c1c[nH]c2cccc(Br)c12)C1CCCN1. The zero-order valence-corrected chi connectivity index (χ0v) is 11.0. The first kappa shape index (κ1) is 11.3. The van der Waals surface area contributed by atoms with Crippen molar-refractivity contribution in [3.63, 3.8) is 0 Å². The van der Waals surface area contributed by atoms with E-state index in [0.29, 0.717) is 0 Å². The topological polar surface area (TPSA) is 48.0 Å². The summed E-state index contributed by atoms with van der Waals surface area (Å²) in [5, 5.41) is 14.9. The molecule has 4 heteroatoms. The second kappa shape index (κ2) is 4.44. The van der Waals surface area contributed by atoms with Gasteiger partial charge in [-0.3, -0.25) is 0 Å². The Labute approximate surface area is 108 Å². The number of aromatic nitrogens is 1. The van der Waals surface area contributed by atoms with Gasteiger partial charge >= 0.3 is 0 Å². The fourth-order valence-electron chi connectivity index (χ4n) is 2.60. The minimum atomic E-state index is -0.440. The molecular formula is C13H15BrN2O. The molecule has 0 amide bonds. The second-order valence-corrected chi connectivity index (χ2v) is 5.41. The molecule has 1 saturated heterocycles. The third-order valence-electron chi connectivity index (χ3n) is 3.48. The molecule has 1 aromatic carbocycles. The van der Waals surface area contributed by atoms with Crippen LogP contribution in [-0.4, -0.2) is 22.7 Å². The lowest BCUT2D eigenvalue weighted by atomic mass is 10.0. The Morgan fingerprint density at radius 2 is 2.29 bits per heavy atom. The predicted molar refractivity (Wildman–Crippen MR) is 72.0 cm³/mol. The molecule has 1 aliphatic rings. The van der Waals surface area contributed by atoms with Crippen LogP contribution in [0.1, 0.15) is 24.5 Å². The number of nitrogens with one attached hydrogen (secondary N) is 2. The van der Waals surface area contributed by atoms with Crippen molar-refractivity contribution in [3.05, 3.63) is 34.4 Å². The summed E-state index contributed by atoms with van der Waals surface area (Å²) in [6.45, 7) is 1.01. The van der Waals surface area contributed by atoms with E-state index in [4.69, 9.17) is 0 Å². The Kier molecular flexibility index (Phi) is 2.94. The van der Waals surface area contributed by atoms with Gasteiger partial charge in [-0.05, 0) is 31.5 Å². The lowest BCUT2D eigenvalue weighted by Gasteiger charge is -2.18. The Morgan fingerprint density at radius 3 is 3.06 bits per heavy atom. The molecule has 0 spiro atoms. The van der Waals surface area contributed by atoms with E-state index in [1.165, 1.54) is 0 Å². The largest absolute Gasteiger partial charge is 0.387 e. The number of H-pyrrole nitrogens is 1. The number of hydrogen-bond acceptors (Lipinski definition) is 2. The van der Waals surface area contributed by atoms with Crippen LogP contribution in [0.3, 0.4) is 0 Å². The molecule has 1 aliphatic heterocycles. The monoisotopic (exact) mass is 294 g/mol. The standard InChI is InChI=1S/C13H15BrN2O/c14-9-3-1-4-10-12(9)8(7-16-10)13(17)11-5-2-6-15-11/h1,3-4,7,11,13,15-17H,2,5-6H2. The van der Waals surface area contributed by atoms with Gasteiger partial charge in [-0.25, -0.2) is 0 Å². The van der Waals surface area contributed by atoms with Gasteiger partial charge in [0.25, 0.3) is 0 Å². The molecule has 90 valence electrons. The van der Waals surface area contributed by atoms with Crippen LogP contribution in [0.15, 0.2) is 28.9 Å². The number of hydrogen-bond donors (Lipinski definition) is 3. The Balaban J connectivity index is 2.04. The summed E-state index contributed by atoms with van der Waals surface area (Å²) < 4.78 is 1.03. The molecule has 0 radical (unpaired) electrons. The summed E-state index contributed by atoms with van der Waals surface area (Å²) in [4.78, 5) is 3.22. The average Bonchev–Trinajstić information content (AvgIpc) is 2.98. The first-order chi connectivity index (χ1) is 8.27. The fraction of sp³-hybridized carbons (Fsp3) is 0.385. The summed E-state index contributed by atoms with van der Waals surface area (Å²) in [6.07, 6.45) is 3.66. The number of halogens is 1. The van der Waals surface area contributed by atoms with Crippen molar-refractivity contribution in [1.82, 2.24) is 10.3 Å². The zero-order valence-electron chi connectivity index (χ0n) is 9.41. The van der Waals surface area contributed by atoms with Gasteiger partial charge < -0.3 is 15.4 Å². The second-order valence-electron chi connectivity index (χ2n) is 4.55. The quantitative estimate of drug-likeness (QED) is 0.798. The molecule has 1 fully saturated rings. The number of aromatic amines is 1. The van der Waals surface area contributed by atoms with Gasteiger partial charge in [0, 0.05) is 33.2 Å². The van der Waals surface area contributed by atoms with E-state index in [2.05, 4.69) is 26.2 Å². The average molecular weight is 295 g/mol. The van der Waals surface area contributed by atoms with Gasteiger partial charge in [-0.15, -0.1) is 0 Å². The summed E-state index contributed by atoms with van der Waals surface area (Å²) >= 11 is 3.55. The molecule has 3 nitrogen and oxygen atoms in total. The van der Waals surface area contributed by atoms with Crippen molar-refractivity contribution in [2.75, 3.05) is 6.54 Å². The van der Waals surface area contributed by atoms with Crippen LogP contribution in [0, 0.1) is 0 Å². The number of aliphatic hydroxyl groups excluding tert-OH is 1. The van der Waals surface area contributed by atoms with Crippen molar-refractivity contribution < 1.29 is 5.11 Å². The molecule has 2 aromatic rings. The van der Waals surface area contributed by atoms with Crippen molar-refractivity contribution in [2.24, 2.45) is 0 Å². The first-order valence-corrected chi connectivity index (χ1v) is 6.73. The number of rotatable bonds is 2. The van der Waals surface area contributed by atoms with E-state index >= 15 is 0 Å². The van der Waals surface area contributed by atoms with Gasteiger partial charge in [0.1, 0.15) is 0 Å². The Bertz CT molecular complexity index is 531. The van der Waals surface area contributed by atoms with Crippen molar-refractivity contribution >= 4 is 26.8 Å². The lowest BCUT2D eigenvalue weighted by molar-refractivity contribution is 0.139. The highest BCUT2D eigenvalue weighted by Crippen LogP contribution is 2.33. The third-order valence-corrected chi connectivity index (χ3v) is 4.14. The molecule has 2 heterocycles. The van der Waals surface area contributed by atoms with Crippen LogP contribution < -0.4 is 5.32 Å². The maximum Gasteiger partial charge on any atom is 0.0963 e. The smallest absolute Gasteiger partial charge is 0.0963 e. The van der Waals surface area contributed by atoms with Crippen LogP contribution in [0.25, 0.3) is 10.9 Å². The molecule has 3 N–H and O–H groups in total. The minimum Gasteiger partial charge on any atom is -0.387 e. The minimum absolute atomic E-state index is 0.182. The molecule has 3 rings (SSSR count). The molecule has 0 bridgehead atoms. The molecular weight excluding hydrogens is 280 g/mol. The highest BCUT2D eigenvalue weighted by Gasteiger charge is 2.26. The molecule has 17 heavy (non-hydrogen) atoms. The molecule has 0 saturated carbocycles. The number of aliphatic hydroxyl groups is 1. The van der Waals surface area contributed by atoms with Crippen molar-refractivity contribution in [2.45, 2.75) is 25.0 Å². The summed E-state index contributed by atoms with van der Waals surface area (Å²) in [5.41, 5.74) is 2.04. The van der Waals surface area contributed by atoms with E-state index in [9.17, 15) is 5.11 Å². The Morgan fingerprint density at radius 1 is 1.41 bits per heavy atom. The third kappa shape index (κ3) is 1.90. The maximum absolute atomic E-state index is 10.4. The van der Waals surface area contributed by atoms with E-state index < -0.39 is 6.10 Å². The highest BCUT2D eigenvalue weighted by molar-refractivity contribution is 9.10. The summed E-state index contributed by atoms with van der Waals surface area (Å²) in [7, 11) is 0. The predicted octanol–water partition coefficient (Wildman–Crippen LogP) is 2.72. The van der Waals surface area contributed by atoms with E-state index in [1.807, 2.05) is 24.4 Å². The highest BCUT2D eigenvalue weighted by atomic mass is 79.9. The molecule has 2 atom stereocenters. The van der Waals surface area contributed by atoms with Crippen LogP contribution >= 0.6 is 15.9 Å². The van der Waals surface area contributed by atoms with Crippen LogP contribution in [0.4, 0.5) is 0 Å². The summed E-state index contributed by atoms with van der Waals surface area (Å²) in [5.74, 6) is 0. The number of benzene rings is 1. The van der Waals surface area contributed by atoms with E-state index in [0.717, 1.165) is 40.3 Å². The molecule has 1 aromatic heterocycles. The normalized spacial score (nSPS) is 22.1.